The van der Waals surface area contributed by atoms with E-state index in [0.717, 1.165) is 27.6 Å². The molecule has 2 aromatic carbocycles. The number of hydrogen-bond donors (Lipinski definition) is 2. The number of fused-ring (bicyclic) bond motifs is 1. The topological polar surface area (TPSA) is 71.5 Å². The zero-order valence-corrected chi connectivity index (χ0v) is 15.7. The Balaban J connectivity index is 1.93. The third kappa shape index (κ3) is 4.51. The Morgan fingerprint density at radius 1 is 1.19 bits per heavy atom. The fraction of sp³-hybridized carbons (Fsp3) is 0.273. The van der Waals surface area contributed by atoms with Gasteiger partial charge < -0.3 is 15.2 Å². The molecule has 0 atom stereocenters. The lowest BCUT2D eigenvalue weighted by atomic mass is 10.0. The normalized spacial score (nSPS) is 10.9. The summed E-state index contributed by atoms with van der Waals surface area (Å²) in [4.78, 5) is 17.1. The maximum Gasteiger partial charge on any atom is 0.251 e. The third-order valence-electron chi connectivity index (χ3n) is 4.36. The van der Waals surface area contributed by atoms with Crippen molar-refractivity contribution in [3.8, 4) is 11.3 Å². The van der Waals surface area contributed by atoms with E-state index in [9.17, 15) is 9.90 Å². The van der Waals surface area contributed by atoms with Gasteiger partial charge >= 0.3 is 0 Å². The molecule has 1 heterocycles. The van der Waals surface area contributed by atoms with E-state index in [-0.39, 0.29) is 12.5 Å². The van der Waals surface area contributed by atoms with Crippen LogP contribution in [0.5, 0.6) is 0 Å². The van der Waals surface area contributed by atoms with Crippen LogP contribution in [0.25, 0.3) is 22.2 Å². The highest BCUT2D eigenvalue weighted by Crippen LogP contribution is 2.27. The minimum absolute atomic E-state index is 0.114. The Hall–Kier alpha value is -2.76. The van der Waals surface area contributed by atoms with Gasteiger partial charge in [0.25, 0.3) is 5.91 Å². The average Bonchev–Trinajstić information content (AvgIpc) is 2.70. The number of rotatable bonds is 7. The molecule has 140 valence electrons. The van der Waals surface area contributed by atoms with Crippen molar-refractivity contribution in [1.29, 1.82) is 0 Å². The number of nitrogens with zero attached hydrogens (tertiary/aromatic N) is 1. The first-order valence-corrected chi connectivity index (χ1v) is 9.10. The Bertz CT molecular complexity index is 953. The van der Waals surface area contributed by atoms with Gasteiger partial charge in [-0.05, 0) is 43.7 Å². The van der Waals surface area contributed by atoms with Gasteiger partial charge in [-0.2, -0.15) is 0 Å². The zero-order chi connectivity index (χ0) is 19.2. The Kier molecular flexibility index (Phi) is 6.16. The molecule has 0 spiro atoms. The number of amides is 1. The molecule has 5 nitrogen and oxygen atoms in total. The molecule has 0 unspecified atom stereocenters. The summed E-state index contributed by atoms with van der Waals surface area (Å²) in [7, 11) is 0. The maximum absolute atomic E-state index is 12.4. The van der Waals surface area contributed by atoms with Gasteiger partial charge in [-0.25, -0.2) is 4.98 Å². The lowest BCUT2D eigenvalue weighted by Crippen LogP contribution is -2.27. The van der Waals surface area contributed by atoms with Crippen LogP contribution in [-0.4, -0.2) is 35.8 Å². The summed E-state index contributed by atoms with van der Waals surface area (Å²) >= 11 is 0. The van der Waals surface area contributed by atoms with Crippen molar-refractivity contribution in [3.63, 3.8) is 0 Å². The fourth-order valence-corrected chi connectivity index (χ4v) is 2.98. The molecule has 0 saturated heterocycles. The number of aromatic nitrogens is 1. The molecule has 27 heavy (non-hydrogen) atoms. The van der Waals surface area contributed by atoms with Crippen LogP contribution in [0.1, 0.15) is 28.4 Å². The predicted molar refractivity (Wildman–Crippen MR) is 107 cm³/mol. The van der Waals surface area contributed by atoms with Crippen LogP contribution in [0, 0.1) is 6.92 Å². The van der Waals surface area contributed by atoms with Gasteiger partial charge in [0.15, 0.2) is 0 Å². The van der Waals surface area contributed by atoms with Crippen LogP contribution in [0.2, 0.25) is 0 Å². The van der Waals surface area contributed by atoms with E-state index >= 15 is 0 Å². The highest BCUT2D eigenvalue weighted by Gasteiger charge is 2.12. The van der Waals surface area contributed by atoms with Crippen molar-refractivity contribution < 1.29 is 14.6 Å². The number of aliphatic hydroxyl groups is 1. The molecule has 0 aliphatic carbocycles. The van der Waals surface area contributed by atoms with Gasteiger partial charge in [0.05, 0.1) is 24.4 Å². The fourth-order valence-electron chi connectivity index (χ4n) is 2.98. The highest BCUT2D eigenvalue weighted by molar-refractivity contribution is 5.95. The van der Waals surface area contributed by atoms with Gasteiger partial charge in [0.1, 0.15) is 0 Å². The van der Waals surface area contributed by atoms with E-state index in [0.29, 0.717) is 31.0 Å². The molecule has 3 rings (SSSR count). The van der Waals surface area contributed by atoms with Crippen molar-refractivity contribution in [1.82, 2.24) is 10.3 Å². The number of pyridine rings is 1. The summed E-state index contributed by atoms with van der Waals surface area (Å²) in [5, 5.41) is 13.6. The lowest BCUT2D eigenvalue weighted by molar-refractivity contribution is 0.0922. The van der Waals surface area contributed by atoms with Gasteiger partial charge in [-0.1, -0.05) is 24.3 Å². The first-order chi connectivity index (χ1) is 13.1. The number of benzene rings is 2. The van der Waals surface area contributed by atoms with E-state index in [4.69, 9.17) is 9.72 Å². The van der Waals surface area contributed by atoms with Crippen LogP contribution in [0.3, 0.4) is 0 Å². The molecule has 2 N–H and O–H groups in total. The van der Waals surface area contributed by atoms with Crippen LogP contribution >= 0.6 is 0 Å². The lowest BCUT2D eigenvalue weighted by Gasteiger charge is -2.11. The number of nitrogens with one attached hydrogen (secondary N) is 1. The summed E-state index contributed by atoms with van der Waals surface area (Å²) in [6.07, 6.45) is 0. The van der Waals surface area contributed by atoms with Crippen LogP contribution in [-0.2, 0) is 11.3 Å². The van der Waals surface area contributed by atoms with Crippen molar-refractivity contribution in [2.75, 3.05) is 19.8 Å². The number of carbonyl (C=O) groups is 1. The molecule has 0 radical (unpaired) electrons. The van der Waals surface area contributed by atoms with Crippen molar-refractivity contribution in [3.05, 3.63) is 65.2 Å². The number of hydrogen-bond acceptors (Lipinski definition) is 4. The molecule has 0 aliphatic heterocycles. The summed E-state index contributed by atoms with van der Waals surface area (Å²) < 4.78 is 5.24. The Morgan fingerprint density at radius 2 is 2.04 bits per heavy atom. The molecular weight excluding hydrogens is 340 g/mol. The monoisotopic (exact) mass is 364 g/mol. The van der Waals surface area contributed by atoms with E-state index in [1.807, 2.05) is 50.2 Å². The standard InChI is InChI=1S/C22H24N2O3/c1-3-27-10-9-23-22(26)18-6-4-5-17(13-18)21-19(14-25)12-16-8-7-15(2)11-20(16)24-21/h4-8,11-13,25H,3,9-10,14H2,1-2H3,(H,23,26). The van der Waals surface area contributed by atoms with Crippen LogP contribution in [0.4, 0.5) is 0 Å². The molecule has 1 amide bonds. The van der Waals surface area contributed by atoms with E-state index in [1.54, 1.807) is 12.1 Å². The Labute approximate surface area is 159 Å². The number of ether oxygens (including phenoxy) is 1. The number of carbonyl (C=O) groups excluding carboxylic acids is 1. The van der Waals surface area contributed by atoms with Gasteiger partial charge in [0, 0.05) is 35.2 Å². The van der Waals surface area contributed by atoms with Crippen molar-refractivity contribution >= 4 is 16.8 Å². The molecule has 0 bridgehead atoms. The zero-order valence-electron chi connectivity index (χ0n) is 15.7. The van der Waals surface area contributed by atoms with E-state index in [1.165, 1.54) is 0 Å². The van der Waals surface area contributed by atoms with Gasteiger partial charge in [-0.3, -0.25) is 4.79 Å². The Morgan fingerprint density at radius 3 is 2.81 bits per heavy atom. The van der Waals surface area contributed by atoms with E-state index in [2.05, 4.69) is 5.32 Å². The first kappa shape index (κ1) is 19.0. The first-order valence-electron chi connectivity index (χ1n) is 9.10. The minimum Gasteiger partial charge on any atom is -0.392 e. The highest BCUT2D eigenvalue weighted by atomic mass is 16.5. The maximum atomic E-state index is 12.4. The molecule has 0 saturated carbocycles. The SMILES string of the molecule is CCOCCNC(=O)c1cccc(-c2nc3cc(C)ccc3cc2CO)c1. The molecule has 3 aromatic rings. The number of aliphatic hydroxyl groups excluding tert-OH is 1. The predicted octanol–water partition coefficient (Wildman–Crippen LogP) is 3.47. The summed E-state index contributed by atoms with van der Waals surface area (Å²) in [5.74, 6) is -0.154. The largest absolute Gasteiger partial charge is 0.392 e. The third-order valence-corrected chi connectivity index (χ3v) is 4.36. The quantitative estimate of drug-likeness (QED) is 0.630. The summed E-state index contributed by atoms with van der Waals surface area (Å²) in [5.41, 5.74) is 4.78. The second kappa shape index (κ2) is 8.75. The van der Waals surface area contributed by atoms with Crippen molar-refractivity contribution in [2.45, 2.75) is 20.5 Å². The summed E-state index contributed by atoms with van der Waals surface area (Å²) in [6.45, 7) is 5.41. The molecule has 5 heteroatoms. The van der Waals surface area contributed by atoms with Gasteiger partial charge in [0.2, 0.25) is 0 Å². The second-order valence-electron chi connectivity index (χ2n) is 6.38. The van der Waals surface area contributed by atoms with Crippen LogP contribution < -0.4 is 5.32 Å². The van der Waals surface area contributed by atoms with E-state index < -0.39 is 0 Å². The second-order valence-corrected chi connectivity index (χ2v) is 6.38. The van der Waals surface area contributed by atoms with Crippen molar-refractivity contribution in [2.24, 2.45) is 0 Å². The average molecular weight is 364 g/mol. The molecule has 0 aliphatic rings. The summed E-state index contributed by atoms with van der Waals surface area (Å²) in [6, 6.07) is 15.3. The molecule has 0 fully saturated rings. The van der Waals surface area contributed by atoms with Crippen LogP contribution in [0.15, 0.2) is 48.5 Å². The minimum atomic E-state index is -0.154. The van der Waals surface area contributed by atoms with Gasteiger partial charge in [-0.15, -0.1) is 0 Å². The molecule has 1 aromatic heterocycles. The smallest absolute Gasteiger partial charge is 0.251 e. The number of aryl methyl sites for hydroxylation is 1. The molecular formula is C22H24N2O3.